The summed E-state index contributed by atoms with van der Waals surface area (Å²) in [6.07, 6.45) is 7.03. The third kappa shape index (κ3) is 5.97. The molecule has 1 aromatic heterocycles. The van der Waals surface area contributed by atoms with Crippen LogP contribution in [-0.2, 0) is 4.74 Å². The first kappa shape index (κ1) is 16.0. The van der Waals surface area contributed by atoms with Gasteiger partial charge in [-0.1, -0.05) is 11.6 Å². The van der Waals surface area contributed by atoms with E-state index in [1.54, 1.807) is 11.9 Å². The Balaban J connectivity index is 0.000000178. The minimum Gasteiger partial charge on any atom is -0.368 e. The van der Waals surface area contributed by atoms with E-state index >= 15 is 0 Å². The molecule has 4 nitrogen and oxygen atoms in total. The van der Waals surface area contributed by atoms with Crippen molar-refractivity contribution in [3.8, 4) is 0 Å². The van der Waals surface area contributed by atoms with Crippen molar-refractivity contribution < 1.29 is 9.84 Å². The maximum atomic E-state index is 8.69. The molecule has 2 aliphatic rings. The van der Waals surface area contributed by atoms with E-state index in [9.17, 15) is 0 Å². The van der Waals surface area contributed by atoms with E-state index < -0.39 is 6.29 Å². The van der Waals surface area contributed by atoms with E-state index in [0.717, 1.165) is 25.9 Å². The molecule has 3 heterocycles. The van der Waals surface area contributed by atoms with Crippen LogP contribution in [0.2, 0.25) is 5.15 Å². The van der Waals surface area contributed by atoms with Crippen molar-refractivity contribution in [1.29, 1.82) is 0 Å². The highest BCUT2D eigenvalue weighted by Crippen LogP contribution is 2.26. The number of aliphatic hydroxyl groups excluding tert-OH is 1. The lowest BCUT2D eigenvalue weighted by molar-refractivity contribution is -0.123. The van der Waals surface area contributed by atoms with Crippen molar-refractivity contribution in [1.82, 2.24) is 9.29 Å². The molecule has 0 amide bonds. The molecule has 2 aliphatic heterocycles. The molecule has 1 N–H and O–H groups in total. The minimum atomic E-state index is -0.464. The van der Waals surface area contributed by atoms with Crippen LogP contribution in [-0.4, -0.2) is 40.4 Å². The molecule has 0 radical (unpaired) electrons. The van der Waals surface area contributed by atoms with Crippen LogP contribution in [0, 0.1) is 0 Å². The number of rotatable bonds is 2. The molecule has 0 aromatic carbocycles. The molecule has 2 saturated heterocycles. The van der Waals surface area contributed by atoms with Gasteiger partial charge in [0.15, 0.2) is 6.29 Å². The average Bonchev–Trinajstić information content (AvgIpc) is 2.96. The molecule has 20 heavy (non-hydrogen) atoms. The highest BCUT2D eigenvalue weighted by Gasteiger charge is 2.12. The highest BCUT2D eigenvalue weighted by molar-refractivity contribution is 7.97. The summed E-state index contributed by atoms with van der Waals surface area (Å²) in [5, 5.41) is 9.25. The third-order valence-electron chi connectivity index (χ3n) is 3.16. The molecule has 0 aliphatic carbocycles. The summed E-state index contributed by atoms with van der Waals surface area (Å²) < 4.78 is 7.20. The molecular formula is C14H21ClN2O2S. The van der Waals surface area contributed by atoms with Crippen LogP contribution in [0.1, 0.15) is 32.1 Å². The average molecular weight is 317 g/mol. The maximum absolute atomic E-state index is 8.69. The van der Waals surface area contributed by atoms with E-state index in [1.165, 1.54) is 30.8 Å². The van der Waals surface area contributed by atoms with Crippen molar-refractivity contribution in [2.75, 3.05) is 19.7 Å². The third-order valence-corrected chi connectivity index (χ3v) is 4.45. The lowest BCUT2D eigenvalue weighted by Crippen LogP contribution is -2.17. The Labute approximate surface area is 129 Å². The first-order valence-electron chi connectivity index (χ1n) is 7.08. The molecule has 6 heteroatoms. The monoisotopic (exact) mass is 316 g/mol. The van der Waals surface area contributed by atoms with E-state index in [-0.39, 0.29) is 0 Å². The van der Waals surface area contributed by atoms with Gasteiger partial charge in [-0.25, -0.2) is 9.29 Å². The van der Waals surface area contributed by atoms with Gasteiger partial charge in [0.05, 0.1) is 0 Å². The maximum Gasteiger partial charge on any atom is 0.154 e. The predicted octanol–water partition coefficient (Wildman–Crippen LogP) is 3.34. The minimum absolute atomic E-state index is 0.464. The van der Waals surface area contributed by atoms with Gasteiger partial charge in [0, 0.05) is 30.8 Å². The normalized spacial score (nSPS) is 23.2. The Morgan fingerprint density at radius 2 is 2.05 bits per heavy atom. The first-order valence-corrected chi connectivity index (χ1v) is 8.23. The zero-order valence-electron chi connectivity index (χ0n) is 11.5. The summed E-state index contributed by atoms with van der Waals surface area (Å²) >= 11 is 7.47. The van der Waals surface area contributed by atoms with E-state index in [0.29, 0.717) is 5.15 Å². The van der Waals surface area contributed by atoms with Gasteiger partial charge in [-0.3, -0.25) is 0 Å². The smallest absolute Gasteiger partial charge is 0.154 e. The molecule has 0 bridgehead atoms. The number of pyridine rings is 1. The SMILES string of the molecule is Clc1ccc(SN2CCCC2)cn1.OC1CCCCO1. The van der Waals surface area contributed by atoms with Crippen LogP contribution in [0.15, 0.2) is 23.2 Å². The fraction of sp³-hybridized carbons (Fsp3) is 0.643. The van der Waals surface area contributed by atoms with Gasteiger partial charge < -0.3 is 9.84 Å². The quantitative estimate of drug-likeness (QED) is 0.669. The predicted molar refractivity (Wildman–Crippen MR) is 81.7 cm³/mol. The molecule has 0 saturated carbocycles. The summed E-state index contributed by atoms with van der Waals surface area (Å²) in [5.74, 6) is 0. The zero-order chi connectivity index (χ0) is 14.2. The summed E-state index contributed by atoms with van der Waals surface area (Å²) in [5.41, 5.74) is 0. The van der Waals surface area contributed by atoms with Crippen LogP contribution < -0.4 is 0 Å². The van der Waals surface area contributed by atoms with Gasteiger partial charge in [-0.05, 0) is 56.2 Å². The Kier molecular flexibility index (Phi) is 7.10. The number of aromatic nitrogens is 1. The molecular weight excluding hydrogens is 296 g/mol. The summed E-state index contributed by atoms with van der Waals surface area (Å²) in [6.45, 7) is 3.11. The number of ether oxygens (including phenoxy) is 1. The molecule has 3 rings (SSSR count). The number of hydrogen-bond acceptors (Lipinski definition) is 5. The Bertz CT molecular complexity index is 379. The van der Waals surface area contributed by atoms with Gasteiger partial charge >= 0.3 is 0 Å². The van der Waals surface area contributed by atoms with Crippen LogP contribution in [0.3, 0.4) is 0 Å². The lowest BCUT2D eigenvalue weighted by atomic mass is 10.2. The van der Waals surface area contributed by atoms with Crippen LogP contribution in [0.5, 0.6) is 0 Å². The molecule has 1 unspecified atom stereocenters. The number of halogens is 1. The summed E-state index contributed by atoms with van der Waals surface area (Å²) in [7, 11) is 0. The van der Waals surface area contributed by atoms with E-state index in [2.05, 4.69) is 9.29 Å². The van der Waals surface area contributed by atoms with E-state index in [1.807, 2.05) is 18.3 Å². The van der Waals surface area contributed by atoms with Crippen LogP contribution in [0.25, 0.3) is 0 Å². The van der Waals surface area contributed by atoms with Gasteiger partial charge in [-0.15, -0.1) is 0 Å². The largest absolute Gasteiger partial charge is 0.368 e. The van der Waals surface area contributed by atoms with Gasteiger partial charge in [0.25, 0.3) is 0 Å². The number of aliphatic hydroxyl groups is 1. The highest BCUT2D eigenvalue weighted by atomic mass is 35.5. The summed E-state index contributed by atoms with van der Waals surface area (Å²) in [4.78, 5) is 5.21. The van der Waals surface area contributed by atoms with Crippen molar-refractivity contribution in [3.05, 3.63) is 23.5 Å². The standard InChI is InChI=1S/C9H11ClN2S.C5H10O2/c10-9-4-3-8(7-11-9)13-12-5-1-2-6-12;6-5-3-1-2-4-7-5/h3-4,7H,1-2,5-6H2;5-6H,1-4H2. The first-order chi connectivity index (χ1) is 9.74. The lowest BCUT2D eigenvalue weighted by Gasteiger charge is -2.16. The number of nitrogens with zero attached hydrogens (tertiary/aromatic N) is 2. The second kappa shape index (κ2) is 8.85. The topological polar surface area (TPSA) is 45.6 Å². The van der Waals surface area contributed by atoms with Crippen molar-refractivity contribution in [2.45, 2.75) is 43.3 Å². The second-order valence-corrected chi connectivity index (χ2v) is 6.42. The molecule has 1 atom stereocenters. The Morgan fingerprint density at radius 3 is 2.55 bits per heavy atom. The Morgan fingerprint density at radius 1 is 1.25 bits per heavy atom. The summed E-state index contributed by atoms with van der Waals surface area (Å²) in [6, 6.07) is 3.85. The fourth-order valence-corrected chi connectivity index (χ4v) is 3.15. The van der Waals surface area contributed by atoms with Crippen LogP contribution >= 0.6 is 23.5 Å². The van der Waals surface area contributed by atoms with Gasteiger partial charge in [0.1, 0.15) is 5.15 Å². The number of hydrogen-bond donors (Lipinski definition) is 1. The fourth-order valence-electron chi connectivity index (χ4n) is 2.07. The molecule has 2 fully saturated rings. The second-order valence-electron chi connectivity index (χ2n) is 4.87. The van der Waals surface area contributed by atoms with Crippen molar-refractivity contribution >= 4 is 23.5 Å². The molecule has 112 valence electrons. The van der Waals surface area contributed by atoms with Crippen LogP contribution in [0.4, 0.5) is 0 Å². The Hall–Kier alpha value is -0.330. The van der Waals surface area contributed by atoms with Crippen molar-refractivity contribution in [2.24, 2.45) is 0 Å². The zero-order valence-corrected chi connectivity index (χ0v) is 13.1. The molecule has 1 aromatic rings. The van der Waals surface area contributed by atoms with Gasteiger partial charge in [0.2, 0.25) is 0 Å². The van der Waals surface area contributed by atoms with E-state index in [4.69, 9.17) is 21.4 Å². The molecule has 0 spiro atoms. The van der Waals surface area contributed by atoms with Crippen molar-refractivity contribution in [3.63, 3.8) is 0 Å². The van der Waals surface area contributed by atoms with Gasteiger partial charge in [-0.2, -0.15) is 0 Å².